The van der Waals surface area contributed by atoms with Gasteiger partial charge < -0.3 is 9.80 Å². The van der Waals surface area contributed by atoms with Crippen molar-refractivity contribution in [1.29, 1.82) is 0 Å². The Hall–Kier alpha value is -3.24. The molecule has 0 spiro atoms. The highest BCUT2D eigenvalue weighted by molar-refractivity contribution is 7.17. The quantitative estimate of drug-likeness (QED) is 0.417. The van der Waals surface area contributed by atoms with Crippen molar-refractivity contribution in [2.24, 2.45) is 0 Å². The van der Waals surface area contributed by atoms with Gasteiger partial charge in [0.05, 0.1) is 27.6 Å². The third-order valence-corrected chi connectivity index (χ3v) is 6.70. The third kappa shape index (κ3) is 4.37. The summed E-state index contributed by atoms with van der Waals surface area (Å²) in [5.74, 6) is -0.481. The van der Waals surface area contributed by atoms with E-state index in [-0.39, 0.29) is 16.8 Å². The van der Waals surface area contributed by atoms with Gasteiger partial charge in [-0.1, -0.05) is 53.3 Å². The molecule has 2 amide bonds. The summed E-state index contributed by atoms with van der Waals surface area (Å²) < 4.78 is 1.61. The first-order valence-corrected chi connectivity index (χ1v) is 11.1. The van der Waals surface area contributed by atoms with Crippen molar-refractivity contribution in [1.82, 2.24) is 19.6 Å². The van der Waals surface area contributed by atoms with E-state index >= 15 is 0 Å². The largest absolute Gasteiger partial charge is 0.335 e. The summed E-state index contributed by atoms with van der Waals surface area (Å²) in [5, 5.41) is 15.5. The van der Waals surface area contributed by atoms with E-state index in [0.29, 0.717) is 54.0 Å². The lowest BCUT2D eigenvalue weighted by Crippen LogP contribution is -2.50. The minimum Gasteiger partial charge on any atom is -0.335 e. The van der Waals surface area contributed by atoms with E-state index in [1.807, 2.05) is 30.3 Å². The van der Waals surface area contributed by atoms with Crippen molar-refractivity contribution in [2.45, 2.75) is 13.5 Å². The molecule has 0 atom stereocenters. The van der Waals surface area contributed by atoms with Gasteiger partial charge in [-0.25, -0.2) is 4.68 Å². The Morgan fingerprint density at radius 2 is 1.69 bits per heavy atom. The summed E-state index contributed by atoms with van der Waals surface area (Å²) in [6.45, 7) is 3.58. The standard InChI is InChI=1S/C21H20ClN5O4S/c1-14-18(19(22)26(23-14)13-15-5-3-2-4-6-15)21(29)25-11-9-24(10-12-25)20(28)16-7-8-17(32-16)27(30)31/h2-8H,9-13H2,1H3. The Labute approximate surface area is 193 Å². The molecule has 9 nitrogen and oxygen atoms in total. The minimum absolute atomic E-state index is 0.0696. The highest BCUT2D eigenvalue weighted by Crippen LogP contribution is 2.26. The molecule has 0 radical (unpaired) electrons. The van der Waals surface area contributed by atoms with Gasteiger partial charge in [-0.3, -0.25) is 19.7 Å². The van der Waals surface area contributed by atoms with Gasteiger partial charge in [-0.15, -0.1) is 0 Å². The summed E-state index contributed by atoms with van der Waals surface area (Å²) in [4.78, 5) is 39.7. The Morgan fingerprint density at radius 1 is 1.06 bits per heavy atom. The molecule has 4 rings (SSSR count). The lowest BCUT2D eigenvalue weighted by Gasteiger charge is -2.34. The zero-order chi connectivity index (χ0) is 22.8. The molecule has 1 fully saturated rings. The molecule has 0 bridgehead atoms. The summed E-state index contributed by atoms with van der Waals surface area (Å²) in [6.07, 6.45) is 0. The van der Waals surface area contributed by atoms with Crippen molar-refractivity contribution in [3.63, 3.8) is 0 Å². The maximum Gasteiger partial charge on any atom is 0.324 e. The van der Waals surface area contributed by atoms with Crippen molar-refractivity contribution < 1.29 is 14.5 Å². The number of piperazine rings is 1. The smallest absolute Gasteiger partial charge is 0.324 e. The van der Waals surface area contributed by atoms with Gasteiger partial charge in [0.2, 0.25) is 0 Å². The van der Waals surface area contributed by atoms with Gasteiger partial charge in [0.1, 0.15) is 5.15 Å². The van der Waals surface area contributed by atoms with E-state index in [1.165, 1.54) is 12.1 Å². The Kier molecular flexibility index (Phi) is 6.24. The average Bonchev–Trinajstić information content (AvgIpc) is 3.39. The second-order valence-corrected chi connectivity index (χ2v) is 8.79. The maximum atomic E-state index is 13.1. The summed E-state index contributed by atoms with van der Waals surface area (Å²) in [5.41, 5.74) is 1.95. The first-order chi connectivity index (χ1) is 15.3. The molecule has 11 heteroatoms. The number of benzene rings is 1. The molecule has 0 saturated carbocycles. The van der Waals surface area contributed by atoms with Crippen LogP contribution < -0.4 is 0 Å². The number of halogens is 1. The molecule has 0 N–H and O–H groups in total. The maximum absolute atomic E-state index is 13.1. The molecule has 1 aliphatic rings. The summed E-state index contributed by atoms with van der Waals surface area (Å²) in [6, 6.07) is 12.5. The molecule has 1 aliphatic heterocycles. The number of hydrogen-bond acceptors (Lipinski definition) is 6. The normalized spacial score (nSPS) is 13.9. The number of nitrogens with zero attached hydrogens (tertiary/aromatic N) is 5. The van der Waals surface area contributed by atoms with Crippen LogP contribution in [0.15, 0.2) is 42.5 Å². The van der Waals surface area contributed by atoms with Crippen LogP contribution in [0, 0.1) is 17.0 Å². The monoisotopic (exact) mass is 473 g/mol. The van der Waals surface area contributed by atoms with Gasteiger partial charge in [-0.2, -0.15) is 5.10 Å². The minimum atomic E-state index is -0.512. The Balaban J connectivity index is 1.42. The van der Waals surface area contributed by atoms with Crippen LogP contribution in [0.3, 0.4) is 0 Å². The van der Waals surface area contributed by atoms with Crippen LogP contribution in [-0.4, -0.2) is 62.5 Å². The first-order valence-electron chi connectivity index (χ1n) is 9.94. The SMILES string of the molecule is Cc1nn(Cc2ccccc2)c(Cl)c1C(=O)N1CCN(C(=O)c2ccc([N+](=O)[O-])s2)CC1. The van der Waals surface area contributed by atoms with Crippen LogP contribution in [0.25, 0.3) is 0 Å². The van der Waals surface area contributed by atoms with E-state index in [0.717, 1.165) is 16.9 Å². The van der Waals surface area contributed by atoms with Crippen molar-refractivity contribution in [2.75, 3.05) is 26.2 Å². The molecule has 32 heavy (non-hydrogen) atoms. The average molecular weight is 474 g/mol. The van der Waals surface area contributed by atoms with Crippen molar-refractivity contribution in [3.8, 4) is 0 Å². The van der Waals surface area contributed by atoms with Gasteiger partial charge in [-0.05, 0) is 18.6 Å². The van der Waals surface area contributed by atoms with Crippen LogP contribution in [-0.2, 0) is 6.54 Å². The fourth-order valence-corrected chi connectivity index (χ4v) is 4.73. The highest BCUT2D eigenvalue weighted by Gasteiger charge is 2.30. The molecule has 1 saturated heterocycles. The number of carbonyl (C=O) groups excluding carboxylic acids is 2. The predicted octanol–water partition coefficient (Wildman–Crippen LogP) is 3.46. The topological polar surface area (TPSA) is 102 Å². The lowest BCUT2D eigenvalue weighted by molar-refractivity contribution is -0.380. The Morgan fingerprint density at radius 3 is 2.28 bits per heavy atom. The number of rotatable bonds is 5. The van der Waals surface area contributed by atoms with Crippen LogP contribution >= 0.6 is 22.9 Å². The number of aromatic nitrogens is 2. The van der Waals surface area contributed by atoms with E-state index in [4.69, 9.17) is 11.6 Å². The second kappa shape index (κ2) is 9.09. The van der Waals surface area contributed by atoms with Crippen LogP contribution in [0.5, 0.6) is 0 Å². The van der Waals surface area contributed by atoms with Gasteiger partial charge in [0.25, 0.3) is 11.8 Å². The molecule has 166 valence electrons. The van der Waals surface area contributed by atoms with Crippen LogP contribution in [0.4, 0.5) is 5.00 Å². The number of amides is 2. The molecule has 3 aromatic rings. The molecule has 1 aromatic carbocycles. The van der Waals surface area contributed by atoms with Gasteiger partial charge >= 0.3 is 5.00 Å². The van der Waals surface area contributed by atoms with Gasteiger partial charge in [0, 0.05) is 32.2 Å². The highest BCUT2D eigenvalue weighted by atomic mass is 35.5. The second-order valence-electron chi connectivity index (χ2n) is 7.37. The van der Waals surface area contributed by atoms with Crippen molar-refractivity contribution in [3.05, 3.63) is 79.4 Å². The number of aryl methyl sites for hydroxylation is 1. The zero-order valence-electron chi connectivity index (χ0n) is 17.2. The van der Waals surface area contributed by atoms with E-state index < -0.39 is 4.92 Å². The van der Waals surface area contributed by atoms with E-state index in [9.17, 15) is 19.7 Å². The molecule has 3 heterocycles. The van der Waals surface area contributed by atoms with Crippen LogP contribution in [0.2, 0.25) is 5.15 Å². The lowest BCUT2D eigenvalue weighted by atomic mass is 10.2. The fraction of sp³-hybridized carbons (Fsp3) is 0.286. The number of hydrogen-bond donors (Lipinski definition) is 0. The number of nitro groups is 1. The number of carbonyl (C=O) groups is 2. The summed E-state index contributed by atoms with van der Waals surface area (Å²) >= 11 is 7.37. The summed E-state index contributed by atoms with van der Waals surface area (Å²) in [7, 11) is 0. The first kappa shape index (κ1) is 22.0. The zero-order valence-corrected chi connectivity index (χ0v) is 18.8. The number of thiophene rings is 1. The van der Waals surface area contributed by atoms with Crippen molar-refractivity contribution >= 4 is 39.8 Å². The molecular formula is C21H20ClN5O4S. The molecule has 0 aliphatic carbocycles. The Bertz CT molecular complexity index is 1170. The predicted molar refractivity (Wildman–Crippen MR) is 120 cm³/mol. The molecule has 2 aromatic heterocycles. The third-order valence-electron chi connectivity index (χ3n) is 5.29. The van der Waals surface area contributed by atoms with E-state index in [2.05, 4.69) is 5.10 Å². The van der Waals surface area contributed by atoms with E-state index in [1.54, 1.807) is 21.4 Å². The van der Waals surface area contributed by atoms with Crippen LogP contribution in [0.1, 0.15) is 31.3 Å². The molecule has 0 unspecified atom stereocenters. The fourth-order valence-electron chi connectivity index (χ4n) is 3.62. The molecular weight excluding hydrogens is 454 g/mol. The van der Waals surface area contributed by atoms with Gasteiger partial charge in [0.15, 0.2) is 0 Å².